The summed E-state index contributed by atoms with van der Waals surface area (Å²) in [5, 5.41) is 3.97. The molecular formula is C64H58F2GeIrN4S-2. The number of imidazole rings is 1. The number of pyridine rings is 2. The van der Waals surface area contributed by atoms with Crippen LogP contribution in [0.4, 0.5) is 8.78 Å². The minimum Gasteiger partial charge on any atom is 0 e. The van der Waals surface area contributed by atoms with Crippen LogP contribution < -0.4 is 4.40 Å². The standard InChI is InChI=1S/C45H33FN3S.C19H25FGeN.Ir/c1-27-18-21-35-34-16-11-17-36(42(34)50-44(35)47-27)43-48-40-33-22-20-32(46)24-30(33)19-23-39(40)49(43)41-37(28-12-7-5-8-13-28)25-31(45(2,3)4)26-38(41)29-14-9-6-10-15-29;1-13(2)9-15-11-19(22-12-18(15)21(4,5)6)16-8-7-14(3)10-17(16)20;/h5-16,18-26H,1-4H3;7,10-13H,9H2,1-6H3;/q2*-1;/i;3D3;. The fourth-order valence-corrected chi connectivity index (χ4v) is 14.2. The number of aromatic nitrogens is 4. The summed E-state index contributed by atoms with van der Waals surface area (Å²) in [4.78, 5) is 15.9. The Morgan fingerprint density at radius 1 is 0.753 bits per heavy atom. The Hall–Kier alpha value is -6.16. The van der Waals surface area contributed by atoms with Crippen molar-refractivity contribution >= 4 is 71.1 Å². The van der Waals surface area contributed by atoms with Crippen molar-refractivity contribution in [2.24, 2.45) is 5.92 Å². The summed E-state index contributed by atoms with van der Waals surface area (Å²) in [5.41, 5.74) is 12.2. The summed E-state index contributed by atoms with van der Waals surface area (Å²) in [6.45, 7) is 10.8. The van der Waals surface area contributed by atoms with Gasteiger partial charge in [0.15, 0.2) is 0 Å². The van der Waals surface area contributed by atoms with E-state index in [4.69, 9.17) is 14.1 Å². The molecule has 11 rings (SSSR count). The molecule has 4 heterocycles. The minimum atomic E-state index is -2.34. The van der Waals surface area contributed by atoms with E-state index in [0.717, 1.165) is 99.6 Å². The van der Waals surface area contributed by atoms with Crippen molar-refractivity contribution in [1.82, 2.24) is 19.5 Å². The van der Waals surface area contributed by atoms with Crippen molar-refractivity contribution < 1.29 is 33.0 Å². The van der Waals surface area contributed by atoms with Crippen LogP contribution in [0.3, 0.4) is 0 Å². The molecule has 11 aromatic rings. The van der Waals surface area contributed by atoms with E-state index < -0.39 is 25.9 Å². The number of hydrogen-bond acceptors (Lipinski definition) is 4. The Kier molecular flexibility index (Phi) is 13.5. The zero-order chi connectivity index (χ0) is 53.1. The number of benzene rings is 7. The van der Waals surface area contributed by atoms with Gasteiger partial charge in [0.1, 0.15) is 10.6 Å². The first-order valence-corrected chi connectivity index (χ1v) is 32.6. The van der Waals surface area contributed by atoms with Crippen molar-refractivity contribution in [3.63, 3.8) is 0 Å². The molecule has 0 aliphatic rings. The van der Waals surface area contributed by atoms with Gasteiger partial charge in [-0.2, -0.15) is 11.3 Å². The molecule has 0 aliphatic carbocycles. The van der Waals surface area contributed by atoms with Gasteiger partial charge in [0.05, 0.1) is 22.5 Å². The second-order valence-corrected chi connectivity index (χ2v) is 32.7. The van der Waals surface area contributed by atoms with Gasteiger partial charge in [0.25, 0.3) is 0 Å². The minimum absolute atomic E-state index is 0. The smallest absolute Gasteiger partial charge is 0 e. The number of halogens is 2. The van der Waals surface area contributed by atoms with Gasteiger partial charge in [-0.25, -0.2) is 9.37 Å². The van der Waals surface area contributed by atoms with Gasteiger partial charge in [-0.15, -0.1) is 18.2 Å². The Morgan fingerprint density at radius 2 is 1.44 bits per heavy atom. The van der Waals surface area contributed by atoms with Gasteiger partial charge in [0, 0.05) is 42.3 Å². The molecule has 0 saturated carbocycles. The Labute approximate surface area is 452 Å². The van der Waals surface area contributed by atoms with Crippen molar-refractivity contribution in [3.05, 3.63) is 198 Å². The molecule has 7 aromatic carbocycles. The SMILES string of the molecule is Cc1ccc2c(n1)sc1c(-c3nc4c5ccc(F)cc5ccc4n3-c3c(-c4ccccc4)cc(C(C)(C)C)cc3-c3ccccc3)[c-]ccc12.[2H]C([2H])([2H])c1c[c-]c(-c2cc(CC(C)C)[c]([Ge]([CH3])([CH3])[CH3])cn2)c(F)c1.[Ir]. The summed E-state index contributed by atoms with van der Waals surface area (Å²) in [5.74, 6) is 7.36. The summed E-state index contributed by atoms with van der Waals surface area (Å²) < 4.78 is 55.9. The van der Waals surface area contributed by atoms with Gasteiger partial charge < -0.3 is 4.57 Å². The zero-order valence-electron chi connectivity index (χ0n) is 45.5. The predicted molar refractivity (Wildman–Crippen MR) is 303 cm³/mol. The van der Waals surface area contributed by atoms with Gasteiger partial charge in [0.2, 0.25) is 0 Å². The molecule has 0 spiro atoms. The van der Waals surface area contributed by atoms with Crippen molar-refractivity contribution in [1.29, 1.82) is 0 Å². The maximum absolute atomic E-state index is 14.5. The molecule has 1 radical (unpaired) electrons. The molecule has 0 unspecified atom stereocenters. The van der Waals surface area contributed by atoms with Crippen LogP contribution >= 0.6 is 11.3 Å². The van der Waals surface area contributed by atoms with E-state index >= 15 is 0 Å². The van der Waals surface area contributed by atoms with Gasteiger partial charge in [-0.05, 0) is 87.0 Å². The summed E-state index contributed by atoms with van der Waals surface area (Å²) in [7, 11) is 0. The van der Waals surface area contributed by atoms with Crippen LogP contribution in [0.15, 0.2) is 152 Å². The fraction of sp³-hybridized carbons (Fsp3) is 0.203. The third kappa shape index (κ3) is 10.4. The van der Waals surface area contributed by atoms with E-state index in [0.29, 0.717) is 11.6 Å². The largest absolute Gasteiger partial charge is 0 e. The van der Waals surface area contributed by atoms with Crippen LogP contribution in [-0.2, 0) is 31.9 Å². The van der Waals surface area contributed by atoms with Crippen molar-refractivity contribution in [2.75, 3.05) is 0 Å². The monoisotopic (exact) mass is 1220 g/mol. The van der Waals surface area contributed by atoms with E-state index in [-0.39, 0.29) is 42.5 Å². The third-order valence-electron chi connectivity index (χ3n) is 13.2. The molecule has 0 bridgehead atoms. The number of nitrogens with zero attached hydrogens (tertiary/aromatic N) is 4. The Balaban J connectivity index is 0.000000230. The van der Waals surface area contributed by atoms with Crippen molar-refractivity contribution in [2.45, 2.75) is 77.5 Å². The topological polar surface area (TPSA) is 43.6 Å². The van der Waals surface area contributed by atoms with Gasteiger partial charge >= 0.3 is 140 Å². The molecule has 369 valence electrons. The number of thiophene rings is 1. The van der Waals surface area contributed by atoms with Crippen LogP contribution in [0.1, 0.15) is 61.1 Å². The molecule has 4 nitrogen and oxygen atoms in total. The molecule has 9 heteroatoms. The third-order valence-corrected chi connectivity index (χ3v) is 18.7. The van der Waals surface area contributed by atoms with E-state index in [1.807, 2.05) is 37.4 Å². The van der Waals surface area contributed by atoms with Crippen LogP contribution in [0.5, 0.6) is 0 Å². The summed E-state index contributed by atoms with van der Waals surface area (Å²) >= 11 is -0.405. The van der Waals surface area contributed by atoms with Gasteiger partial charge in [-0.3, -0.25) is 4.98 Å². The number of hydrogen-bond donors (Lipinski definition) is 0. The number of aryl methyl sites for hydroxylation is 2. The quantitative estimate of drug-likeness (QED) is 0.112. The first-order valence-electron chi connectivity index (χ1n) is 26.0. The molecular weight excluding hydrogens is 1160 g/mol. The van der Waals surface area contributed by atoms with E-state index in [1.54, 1.807) is 17.4 Å². The van der Waals surface area contributed by atoms with E-state index in [2.05, 4.69) is 171 Å². The molecule has 0 aliphatic heterocycles. The van der Waals surface area contributed by atoms with Crippen LogP contribution in [-0.4, -0.2) is 32.8 Å². The number of fused-ring (bicyclic) bond motifs is 6. The summed E-state index contributed by atoms with van der Waals surface area (Å²) in [6, 6.07) is 54.1. The van der Waals surface area contributed by atoms with Crippen LogP contribution in [0, 0.1) is 43.5 Å². The zero-order valence-corrected chi connectivity index (χ0v) is 47.8. The van der Waals surface area contributed by atoms with E-state index in [9.17, 15) is 8.78 Å². The summed E-state index contributed by atoms with van der Waals surface area (Å²) in [6.07, 6.45) is 2.81. The maximum atomic E-state index is 14.5. The van der Waals surface area contributed by atoms with Gasteiger partial charge in [-0.1, -0.05) is 105 Å². The number of rotatable bonds is 8. The second-order valence-electron chi connectivity index (χ2n) is 21.2. The first kappa shape index (κ1) is 47.8. The predicted octanol–water partition coefficient (Wildman–Crippen LogP) is 17.2. The molecule has 0 fully saturated rings. The molecule has 4 aromatic heterocycles. The molecule has 0 saturated heterocycles. The molecule has 73 heavy (non-hydrogen) atoms. The molecule has 0 N–H and O–H groups in total. The van der Waals surface area contributed by atoms with Crippen LogP contribution in [0.25, 0.3) is 92.7 Å². The normalized spacial score (nSPS) is 12.7. The maximum Gasteiger partial charge on any atom is 0 e. The Bertz CT molecular complexity index is 3890. The van der Waals surface area contributed by atoms with Crippen LogP contribution in [0.2, 0.25) is 17.3 Å². The second kappa shape index (κ2) is 20.6. The molecule has 0 amide bonds. The Morgan fingerprint density at radius 3 is 2.07 bits per heavy atom. The van der Waals surface area contributed by atoms with Crippen molar-refractivity contribution in [3.8, 4) is 50.6 Å². The fourth-order valence-electron chi connectivity index (χ4n) is 9.68. The molecule has 0 atom stereocenters. The van der Waals surface area contributed by atoms with E-state index in [1.165, 1.54) is 27.7 Å². The average molecular weight is 1220 g/mol. The first-order chi connectivity index (χ1) is 35.6. The average Bonchev–Trinajstić information content (AvgIpc) is 3.94.